The smallest absolute Gasteiger partial charge is 0.341 e. The minimum Gasteiger partial charge on any atom is -0.482 e. The van der Waals surface area contributed by atoms with Gasteiger partial charge < -0.3 is 9.84 Å². The summed E-state index contributed by atoms with van der Waals surface area (Å²) in [5.74, 6) is -0.609. The molecule has 7 heteroatoms. The molecule has 0 aliphatic heterocycles. The Morgan fingerprint density at radius 2 is 1.88 bits per heavy atom. The summed E-state index contributed by atoms with van der Waals surface area (Å²) >= 11 is 0. The number of hydrogen-bond donors (Lipinski definition) is 2. The van der Waals surface area contributed by atoms with Gasteiger partial charge in [-0.25, -0.2) is 17.9 Å². The monoisotopic (exact) mass is 349 g/mol. The van der Waals surface area contributed by atoms with Crippen LogP contribution >= 0.6 is 0 Å². The molecule has 0 aliphatic rings. The van der Waals surface area contributed by atoms with Gasteiger partial charge in [-0.05, 0) is 43.2 Å². The Balaban J connectivity index is 1.92. The first-order valence-corrected chi connectivity index (χ1v) is 8.85. The first-order valence-electron chi connectivity index (χ1n) is 7.37. The lowest BCUT2D eigenvalue weighted by atomic mass is 10.1. The summed E-state index contributed by atoms with van der Waals surface area (Å²) in [5, 5.41) is 8.60. The second-order valence-electron chi connectivity index (χ2n) is 5.29. The number of carboxylic acids is 1. The Labute approximate surface area is 141 Å². The lowest BCUT2D eigenvalue weighted by Crippen LogP contribution is -2.26. The third-order valence-corrected chi connectivity index (χ3v) is 4.77. The fraction of sp³-hybridized carbons (Fsp3) is 0.235. The Bertz CT molecular complexity index is 800. The van der Waals surface area contributed by atoms with Crippen LogP contribution < -0.4 is 9.46 Å². The molecule has 2 N–H and O–H groups in total. The molecule has 0 aliphatic carbocycles. The van der Waals surface area contributed by atoms with Crippen LogP contribution in [0, 0.1) is 6.92 Å². The van der Waals surface area contributed by atoms with E-state index in [0.29, 0.717) is 12.2 Å². The highest BCUT2D eigenvalue weighted by molar-refractivity contribution is 7.89. The Morgan fingerprint density at radius 3 is 2.54 bits per heavy atom. The highest BCUT2D eigenvalue weighted by Crippen LogP contribution is 2.14. The molecular formula is C17H19NO5S. The quantitative estimate of drug-likeness (QED) is 0.760. The number of aryl methyl sites for hydroxylation is 1. The van der Waals surface area contributed by atoms with Crippen LogP contribution in [0.2, 0.25) is 0 Å². The number of aliphatic carboxylic acids is 1. The minimum absolute atomic E-state index is 0.228. The van der Waals surface area contributed by atoms with Crippen LogP contribution in [0.5, 0.6) is 5.75 Å². The normalized spacial score (nSPS) is 11.2. The van der Waals surface area contributed by atoms with Gasteiger partial charge in [-0.1, -0.05) is 29.8 Å². The van der Waals surface area contributed by atoms with Crippen molar-refractivity contribution in [3.8, 4) is 5.75 Å². The van der Waals surface area contributed by atoms with Crippen LogP contribution in [0.3, 0.4) is 0 Å². The number of carboxylic acid groups (broad SMARTS) is 1. The molecule has 0 radical (unpaired) electrons. The number of ether oxygens (including phenoxy) is 1. The molecule has 0 heterocycles. The van der Waals surface area contributed by atoms with E-state index in [0.717, 1.165) is 11.1 Å². The van der Waals surface area contributed by atoms with Gasteiger partial charge in [0.25, 0.3) is 0 Å². The lowest BCUT2D eigenvalue weighted by Gasteiger charge is -2.08. The van der Waals surface area contributed by atoms with Gasteiger partial charge in [0.05, 0.1) is 4.90 Å². The largest absolute Gasteiger partial charge is 0.482 e. The van der Waals surface area contributed by atoms with E-state index in [2.05, 4.69) is 4.72 Å². The maximum absolute atomic E-state index is 12.2. The van der Waals surface area contributed by atoms with Crippen molar-refractivity contribution in [3.63, 3.8) is 0 Å². The van der Waals surface area contributed by atoms with Crippen molar-refractivity contribution in [2.24, 2.45) is 0 Å². The number of rotatable bonds is 8. The zero-order valence-electron chi connectivity index (χ0n) is 13.2. The molecule has 0 saturated carbocycles. The summed E-state index contributed by atoms with van der Waals surface area (Å²) in [5.41, 5.74) is 1.84. The predicted molar refractivity (Wildman–Crippen MR) is 89.6 cm³/mol. The molecule has 128 valence electrons. The van der Waals surface area contributed by atoms with Gasteiger partial charge >= 0.3 is 5.97 Å². The van der Waals surface area contributed by atoms with Gasteiger partial charge in [0.15, 0.2) is 6.61 Å². The van der Waals surface area contributed by atoms with Gasteiger partial charge in [0.2, 0.25) is 10.0 Å². The molecule has 24 heavy (non-hydrogen) atoms. The molecule has 0 bridgehead atoms. The van der Waals surface area contributed by atoms with Crippen molar-refractivity contribution in [3.05, 3.63) is 59.7 Å². The number of nitrogens with one attached hydrogen (secondary N) is 1. The zero-order valence-corrected chi connectivity index (χ0v) is 14.0. The number of benzene rings is 2. The van der Waals surface area contributed by atoms with E-state index < -0.39 is 22.6 Å². The van der Waals surface area contributed by atoms with Crippen LogP contribution in [0.1, 0.15) is 11.1 Å². The highest BCUT2D eigenvalue weighted by Gasteiger charge is 2.12. The Kier molecular flexibility index (Phi) is 5.94. The van der Waals surface area contributed by atoms with E-state index in [1.807, 2.05) is 13.0 Å². The van der Waals surface area contributed by atoms with E-state index in [-0.39, 0.29) is 11.4 Å². The molecule has 0 unspecified atom stereocenters. The Hall–Kier alpha value is -2.38. The van der Waals surface area contributed by atoms with Gasteiger partial charge in [-0.2, -0.15) is 0 Å². The highest BCUT2D eigenvalue weighted by atomic mass is 32.2. The third-order valence-electron chi connectivity index (χ3n) is 3.30. The number of sulfonamides is 1. The van der Waals surface area contributed by atoms with Crippen LogP contribution in [0.4, 0.5) is 0 Å². The first-order chi connectivity index (χ1) is 11.4. The summed E-state index contributed by atoms with van der Waals surface area (Å²) in [6.45, 7) is 1.71. The van der Waals surface area contributed by atoms with Crippen molar-refractivity contribution in [2.75, 3.05) is 13.2 Å². The van der Waals surface area contributed by atoms with Gasteiger partial charge in [0.1, 0.15) is 5.75 Å². The van der Waals surface area contributed by atoms with Gasteiger partial charge in [-0.15, -0.1) is 0 Å². The summed E-state index contributed by atoms with van der Waals surface area (Å²) in [7, 11) is -3.54. The fourth-order valence-electron chi connectivity index (χ4n) is 2.07. The van der Waals surface area contributed by atoms with Crippen LogP contribution in [-0.2, 0) is 21.2 Å². The molecule has 2 rings (SSSR count). The topological polar surface area (TPSA) is 92.7 Å². The lowest BCUT2D eigenvalue weighted by molar-refractivity contribution is -0.139. The Morgan fingerprint density at radius 1 is 1.17 bits per heavy atom. The fourth-order valence-corrected chi connectivity index (χ4v) is 3.10. The predicted octanol–water partition coefficient (Wildman–Crippen LogP) is 1.98. The van der Waals surface area contributed by atoms with Crippen LogP contribution in [-0.4, -0.2) is 32.6 Å². The summed E-state index contributed by atoms with van der Waals surface area (Å²) in [6, 6.07) is 13.5. The first kappa shape index (κ1) is 18.0. The van der Waals surface area contributed by atoms with E-state index in [4.69, 9.17) is 9.84 Å². The van der Waals surface area contributed by atoms with Crippen molar-refractivity contribution in [1.29, 1.82) is 0 Å². The van der Waals surface area contributed by atoms with Crippen molar-refractivity contribution >= 4 is 16.0 Å². The van der Waals surface area contributed by atoms with E-state index in [1.165, 1.54) is 0 Å². The summed E-state index contributed by atoms with van der Waals surface area (Å²) < 4.78 is 32.0. The van der Waals surface area contributed by atoms with Crippen LogP contribution in [0.15, 0.2) is 53.4 Å². The average Bonchev–Trinajstić information content (AvgIpc) is 2.53. The third kappa shape index (κ3) is 5.36. The molecule has 0 fully saturated rings. The maximum Gasteiger partial charge on any atom is 0.341 e. The molecular weight excluding hydrogens is 330 g/mol. The average molecular weight is 349 g/mol. The molecule has 0 spiro atoms. The van der Waals surface area contributed by atoms with Crippen LogP contribution in [0.25, 0.3) is 0 Å². The summed E-state index contributed by atoms with van der Waals surface area (Å²) in [4.78, 5) is 10.7. The number of carbonyl (C=O) groups is 1. The molecule has 6 nitrogen and oxygen atoms in total. The molecule has 2 aromatic rings. The van der Waals surface area contributed by atoms with Crippen molar-refractivity contribution in [2.45, 2.75) is 18.2 Å². The zero-order chi connectivity index (χ0) is 17.6. The van der Waals surface area contributed by atoms with Crippen molar-refractivity contribution < 1.29 is 23.1 Å². The molecule has 0 amide bonds. The molecule has 2 aromatic carbocycles. The SMILES string of the molecule is Cc1ccc(S(=O)(=O)NCCc2cccc(OCC(=O)O)c2)cc1. The standard InChI is InChI=1S/C17H19NO5S/c1-13-5-7-16(8-6-13)24(21,22)18-10-9-14-3-2-4-15(11-14)23-12-17(19)20/h2-8,11,18H,9-10,12H2,1H3,(H,19,20). The van der Waals surface area contributed by atoms with Crippen molar-refractivity contribution in [1.82, 2.24) is 4.72 Å². The van der Waals surface area contributed by atoms with E-state index in [1.54, 1.807) is 42.5 Å². The second kappa shape index (κ2) is 7.94. The molecule has 0 atom stereocenters. The van der Waals surface area contributed by atoms with Gasteiger partial charge in [0, 0.05) is 6.54 Å². The second-order valence-corrected chi connectivity index (χ2v) is 7.06. The minimum atomic E-state index is -3.54. The molecule has 0 aromatic heterocycles. The van der Waals surface area contributed by atoms with Gasteiger partial charge in [-0.3, -0.25) is 0 Å². The van der Waals surface area contributed by atoms with E-state index in [9.17, 15) is 13.2 Å². The van der Waals surface area contributed by atoms with E-state index >= 15 is 0 Å². The maximum atomic E-state index is 12.2. The summed E-state index contributed by atoms with van der Waals surface area (Å²) in [6.07, 6.45) is 0.468. The number of hydrogen-bond acceptors (Lipinski definition) is 4. The molecule has 0 saturated heterocycles.